The van der Waals surface area contributed by atoms with Gasteiger partial charge in [0.2, 0.25) is 10.3 Å². The molecular formula is C11H11N7S2. The Morgan fingerprint density at radius 2 is 2.00 bits per heavy atom. The summed E-state index contributed by atoms with van der Waals surface area (Å²) in [6, 6.07) is 9.79. The van der Waals surface area contributed by atoms with Crippen LogP contribution < -0.4 is 5.73 Å². The third kappa shape index (κ3) is 2.94. The molecule has 0 amide bonds. The number of nitrogens with two attached hydrogens (primary N) is 1. The van der Waals surface area contributed by atoms with Gasteiger partial charge in [0.15, 0.2) is 0 Å². The van der Waals surface area contributed by atoms with Crippen molar-refractivity contribution in [1.29, 1.82) is 0 Å². The molecule has 3 aromatic rings. The zero-order valence-corrected chi connectivity index (χ0v) is 12.0. The number of para-hydroxylation sites is 1. The second-order valence-electron chi connectivity index (χ2n) is 3.84. The summed E-state index contributed by atoms with van der Waals surface area (Å²) >= 11 is 2.99. The SMILES string of the molecule is Nc1nnc(CCSc2nnnn2-c2ccccc2)s1. The van der Waals surface area contributed by atoms with Crippen LogP contribution >= 0.6 is 23.1 Å². The number of nitrogens with zero attached hydrogens (tertiary/aromatic N) is 6. The molecule has 20 heavy (non-hydrogen) atoms. The highest BCUT2D eigenvalue weighted by atomic mass is 32.2. The molecular weight excluding hydrogens is 294 g/mol. The van der Waals surface area contributed by atoms with Gasteiger partial charge < -0.3 is 5.73 Å². The normalized spacial score (nSPS) is 10.8. The lowest BCUT2D eigenvalue weighted by molar-refractivity contribution is 0.756. The zero-order valence-electron chi connectivity index (χ0n) is 10.4. The number of hydrogen-bond donors (Lipinski definition) is 1. The van der Waals surface area contributed by atoms with Crippen LogP contribution in [-0.4, -0.2) is 36.2 Å². The summed E-state index contributed by atoms with van der Waals surface area (Å²) < 4.78 is 1.72. The summed E-state index contributed by atoms with van der Waals surface area (Å²) in [6.45, 7) is 0. The van der Waals surface area contributed by atoms with Gasteiger partial charge in [-0.05, 0) is 22.6 Å². The highest BCUT2D eigenvalue weighted by molar-refractivity contribution is 7.99. The van der Waals surface area contributed by atoms with Gasteiger partial charge in [0.25, 0.3) is 0 Å². The Morgan fingerprint density at radius 1 is 1.15 bits per heavy atom. The van der Waals surface area contributed by atoms with Gasteiger partial charge in [-0.2, -0.15) is 4.68 Å². The van der Waals surface area contributed by atoms with Gasteiger partial charge in [-0.3, -0.25) is 0 Å². The van der Waals surface area contributed by atoms with Crippen molar-refractivity contribution in [2.45, 2.75) is 11.6 Å². The molecule has 2 heterocycles. The summed E-state index contributed by atoms with van der Waals surface area (Å²) in [7, 11) is 0. The van der Waals surface area contributed by atoms with E-state index in [4.69, 9.17) is 5.73 Å². The monoisotopic (exact) mass is 305 g/mol. The fourth-order valence-electron chi connectivity index (χ4n) is 1.60. The summed E-state index contributed by atoms with van der Waals surface area (Å²) in [6.07, 6.45) is 0.793. The van der Waals surface area contributed by atoms with Crippen molar-refractivity contribution in [1.82, 2.24) is 30.4 Å². The largest absolute Gasteiger partial charge is 0.374 e. The van der Waals surface area contributed by atoms with Crippen LogP contribution in [0, 0.1) is 0 Å². The number of tetrazole rings is 1. The average molecular weight is 305 g/mol. The molecule has 0 atom stereocenters. The third-order valence-electron chi connectivity index (χ3n) is 2.47. The first-order chi connectivity index (χ1) is 9.83. The second kappa shape index (κ2) is 5.97. The van der Waals surface area contributed by atoms with Crippen molar-refractivity contribution in [2.24, 2.45) is 0 Å². The van der Waals surface area contributed by atoms with Crippen molar-refractivity contribution in [3.8, 4) is 5.69 Å². The van der Waals surface area contributed by atoms with Gasteiger partial charge in [-0.25, -0.2) is 0 Å². The second-order valence-corrected chi connectivity index (χ2v) is 6.00. The highest BCUT2D eigenvalue weighted by Gasteiger charge is 2.09. The van der Waals surface area contributed by atoms with Crippen molar-refractivity contribution in [2.75, 3.05) is 11.5 Å². The van der Waals surface area contributed by atoms with Crippen molar-refractivity contribution >= 4 is 28.2 Å². The van der Waals surface area contributed by atoms with E-state index >= 15 is 0 Å². The van der Waals surface area contributed by atoms with E-state index in [1.54, 1.807) is 16.4 Å². The standard InChI is InChI=1S/C11H11N7S2/c12-10-14-13-9(20-10)6-7-19-11-15-16-17-18(11)8-4-2-1-3-5-8/h1-5H,6-7H2,(H2,12,14). The lowest BCUT2D eigenvalue weighted by atomic mass is 10.3. The lowest BCUT2D eigenvalue weighted by Gasteiger charge is -2.02. The summed E-state index contributed by atoms with van der Waals surface area (Å²) in [5.74, 6) is 0.821. The van der Waals surface area contributed by atoms with Crippen LogP contribution in [0.1, 0.15) is 5.01 Å². The number of benzene rings is 1. The van der Waals surface area contributed by atoms with E-state index in [1.807, 2.05) is 30.3 Å². The molecule has 0 saturated heterocycles. The Hall–Kier alpha value is -2.00. The molecule has 0 bridgehead atoms. The maximum atomic E-state index is 5.55. The van der Waals surface area contributed by atoms with Crippen LogP contribution in [0.3, 0.4) is 0 Å². The van der Waals surface area contributed by atoms with Crippen LogP contribution in [0.15, 0.2) is 35.5 Å². The first kappa shape index (κ1) is 13.0. The number of hydrogen-bond acceptors (Lipinski definition) is 8. The number of aromatic nitrogens is 6. The number of anilines is 1. The molecule has 7 nitrogen and oxygen atoms in total. The molecule has 102 valence electrons. The van der Waals surface area contributed by atoms with Gasteiger partial charge in [0.05, 0.1) is 5.69 Å². The third-order valence-corrected chi connectivity index (χ3v) is 4.20. The molecule has 0 aliphatic carbocycles. The van der Waals surface area contributed by atoms with Crippen LogP contribution in [-0.2, 0) is 6.42 Å². The Kier molecular flexibility index (Phi) is 3.88. The lowest BCUT2D eigenvalue weighted by Crippen LogP contribution is -1.99. The van der Waals surface area contributed by atoms with Gasteiger partial charge in [-0.1, -0.05) is 41.3 Å². The summed E-state index contributed by atoms with van der Waals surface area (Å²) in [5.41, 5.74) is 6.49. The fourth-order valence-corrected chi connectivity index (χ4v) is 3.17. The molecule has 3 rings (SSSR count). The van der Waals surface area contributed by atoms with Gasteiger partial charge in [-0.15, -0.1) is 15.3 Å². The molecule has 0 radical (unpaired) electrons. The minimum absolute atomic E-state index is 0.499. The minimum atomic E-state index is 0.499. The maximum absolute atomic E-state index is 5.55. The molecule has 2 aromatic heterocycles. The number of aryl methyl sites for hydroxylation is 1. The van der Waals surface area contributed by atoms with Crippen LogP contribution in [0.2, 0.25) is 0 Å². The first-order valence-electron chi connectivity index (χ1n) is 5.87. The van der Waals surface area contributed by atoms with E-state index in [0.717, 1.165) is 28.0 Å². The van der Waals surface area contributed by atoms with Crippen LogP contribution in [0.4, 0.5) is 5.13 Å². The molecule has 0 saturated carbocycles. The number of nitrogen functional groups attached to an aromatic ring is 1. The van der Waals surface area contributed by atoms with Crippen LogP contribution in [0.5, 0.6) is 0 Å². The maximum Gasteiger partial charge on any atom is 0.214 e. The van der Waals surface area contributed by atoms with Crippen molar-refractivity contribution < 1.29 is 0 Å². The van der Waals surface area contributed by atoms with E-state index in [2.05, 4.69) is 25.7 Å². The van der Waals surface area contributed by atoms with E-state index in [9.17, 15) is 0 Å². The van der Waals surface area contributed by atoms with Gasteiger partial charge in [0, 0.05) is 12.2 Å². The van der Waals surface area contributed by atoms with E-state index in [-0.39, 0.29) is 0 Å². The average Bonchev–Trinajstić information content (AvgIpc) is 3.09. The number of thioether (sulfide) groups is 1. The molecule has 9 heteroatoms. The molecule has 0 unspecified atom stereocenters. The van der Waals surface area contributed by atoms with Crippen molar-refractivity contribution in [3.05, 3.63) is 35.3 Å². The predicted molar refractivity (Wildman–Crippen MR) is 77.9 cm³/mol. The highest BCUT2D eigenvalue weighted by Crippen LogP contribution is 2.20. The number of rotatable bonds is 5. The zero-order chi connectivity index (χ0) is 13.8. The van der Waals surface area contributed by atoms with Crippen molar-refractivity contribution in [3.63, 3.8) is 0 Å². The molecule has 1 aromatic carbocycles. The molecule has 0 spiro atoms. The topological polar surface area (TPSA) is 95.4 Å². The summed E-state index contributed by atoms with van der Waals surface area (Å²) in [4.78, 5) is 0. The Balaban J connectivity index is 1.65. The molecule has 0 aliphatic heterocycles. The quantitative estimate of drug-likeness (QED) is 0.712. The fraction of sp³-hybridized carbons (Fsp3) is 0.182. The Bertz CT molecular complexity index is 679. The van der Waals surface area contributed by atoms with E-state index in [1.165, 1.54) is 11.3 Å². The minimum Gasteiger partial charge on any atom is -0.374 e. The van der Waals surface area contributed by atoms with Crippen LogP contribution in [0.25, 0.3) is 5.69 Å². The predicted octanol–water partition coefficient (Wildman–Crippen LogP) is 1.43. The first-order valence-corrected chi connectivity index (χ1v) is 7.67. The molecule has 2 N–H and O–H groups in total. The Morgan fingerprint density at radius 3 is 2.75 bits per heavy atom. The smallest absolute Gasteiger partial charge is 0.214 e. The summed E-state index contributed by atoms with van der Waals surface area (Å²) in [5, 5.41) is 21.7. The van der Waals surface area contributed by atoms with Gasteiger partial charge >= 0.3 is 0 Å². The molecule has 0 fully saturated rings. The van der Waals surface area contributed by atoms with E-state index in [0.29, 0.717) is 5.13 Å². The van der Waals surface area contributed by atoms with Gasteiger partial charge in [0.1, 0.15) is 5.01 Å². The van der Waals surface area contributed by atoms with E-state index < -0.39 is 0 Å². The Labute approximate surface area is 123 Å². The molecule has 0 aliphatic rings.